The molecule has 0 bridgehead atoms. The first-order valence-corrected chi connectivity index (χ1v) is 8.55. The summed E-state index contributed by atoms with van der Waals surface area (Å²) in [5, 5.41) is 3.88. The Labute approximate surface area is 146 Å². The highest BCUT2D eigenvalue weighted by molar-refractivity contribution is 7.22. The van der Waals surface area contributed by atoms with Gasteiger partial charge in [-0.05, 0) is 37.1 Å². The quantitative estimate of drug-likeness (QED) is 0.548. The molecule has 2 aromatic heterocycles. The SMILES string of the molecule is Cc1ccc(C)c2sc(NC(=O)c3cc4ccccc4oc3=O)nc12. The van der Waals surface area contributed by atoms with Crippen LogP contribution in [-0.4, -0.2) is 10.9 Å². The molecule has 0 radical (unpaired) electrons. The van der Waals surface area contributed by atoms with Gasteiger partial charge in [0, 0.05) is 5.39 Å². The molecule has 1 amide bonds. The molecule has 0 unspecified atom stereocenters. The van der Waals surface area contributed by atoms with Crippen LogP contribution in [-0.2, 0) is 0 Å². The van der Waals surface area contributed by atoms with E-state index in [1.807, 2.05) is 32.0 Å². The number of anilines is 1. The van der Waals surface area contributed by atoms with E-state index in [9.17, 15) is 9.59 Å². The van der Waals surface area contributed by atoms with E-state index in [2.05, 4.69) is 10.3 Å². The van der Waals surface area contributed by atoms with Gasteiger partial charge in [-0.15, -0.1) is 0 Å². The second-order valence-electron chi connectivity index (χ2n) is 5.84. The van der Waals surface area contributed by atoms with Gasteiger partial charge in [0.1, 0.15) is 11.1 Å². The van der Waals surface area contributed by atoms with Gasteiger partial charge in [0.2, 0.25) is 0 Å². The van der Waals surface area contributed by atoms with E-state index in [-0.39, 0.29) is 5.56 Å². The molecule has 1 N–H and O–H groups in total. The van der Waals surface area contributed by atoms with Crippen molar-refractivity contribution in [3.05, 3.63) is 69.6 Å². The summed E-state index contributed by atoms with van der Waals surface area (Å²) in [5.41, 5.74) is 2.77. The molecule has 4 rings (SSSR count). The normalized spacial score (nSPS) is 11.1. The highest BCUT2D eigenvalue weighted by Gasteiger charge is 2.16. The Kier molecular flexibility index (Phi) is 3.62. The molecular formula is C19H14N2O3S. The monoisotopic (exact) mass is 350 g/mol. The fourth-order valence-corrected chi connectivity index (χ4v) is 3.70. The van der Waals surface area contributed by atoms with Gasteiger partial charge in [0.25, 0.3) is 5.91 Å². The van der Waals surface area contributed by atoms with Crippen molar-refractivity contribution in [3.63, 3.8) is 0 Å². The largest absolute Gasteiger partial charge is 0.422 e. The Bertz CT molecular complexity index is 1150. The van der Waals surface area contributed by atoms with Crippen LogP contribution in [0.1, 0.15) is 21.5 Å². The Morgan fingerprint density at radius 2 is 1.88 bits per heavy atom. The molecule has 0 saturated heterocycles. The number of fused-ring (bicyclic) bond motifs is 2. The first-order valence-electron chi connectivity index (χ1n) is 7.74. The summed E-state index contributed by atoms with van der Waals surface area (Å²) < 4.78 is 6.24. The van der Waals surface area contributed by atoms with Gasteiger partial charge in [0.15, 0.2) is 5.13 Å². The first-order chi connectivity index (χ1) is 12.0. The zero-order valence-corrected chi connectivity index (χ0v) is 14.4. The predicted octanol–water partition coefficient (Wildman–Crippen LogP) is 4.27. The highest BCUT2D eigenvalue weighted by Crippen LogP contribution is 2.31. The van der Waals surface area contributed by atoms with Crippen LogP contribution < -0.4 is 10.9 Å². The van der Waals surface area contributed by atoms with E-state index in [0.29, 0.717) is 16.1 Å². The van der Waals surface area contributed by atoms with Crippen molar-refractivity contribution in [3.8, 4) is 0 Å². The van der Waals surface area contributed by atoms with E-state index in [1.165, 1.54) is 11.3 Å². The molecule has 2 aromatic carbocycles. The maximum atomic E-state index is 12.5. The van der Waals surface area contributed by atoms with Crippen LogP contribution in [0.5, 0.6) is 0 Å². The lowest BCUT2D eigenvalue weighted by molar-refractivity contribution is 0.102. The number of carbonyl (C=O) groups excluding carboxylic acids is 1. The van der Waals surface area contributed by atoms with Gasteiger partial charge in [-0.3, -0.25) is 10.1 Å². The van der Waals surface area contributed by atoms with Crippen molar-refractivity contribution >= 4 is 43.6 Å². The maximum absolute atomic E-state index is 12.5. The number of carbonyl (C=O) groups is 1. The van der Waals surface area contributed by atoms with Crippen LogP contribution in [0.15, 0.2) is 51.7 Å². The molecule has 0 aliphatic rings. The molecule has 0 aliphatic carbocycles. The number of aryl methyl sites for hydroxylation is 2. The number of thiazole rings is 1. The predicted molar refractivity (Wildman–Crippen MR) is 99.5 cm³/mol. The number of hydrogen-bond acceptors (Lipinski definition) is 5. The number of nitrogens with one attached hydrogen (secondary N) is 1. The summed E-state index contributed by atoms with van der Waals surface area (Å²) in [6.45, 7) is 3.98. The number of benzene rings is 2. The van der Waals surface area contributed by atoms with Crippen LogP contribution in [0.25, 0.3) is 21.2 Å². The van der Waals surface area contributed by atoms with Crippen LogP contribution in [0.2, 0.25) is 0 Å². The fourth-order valence-electron chi connectivity index (χ4n) is 2.70. The Morgan fingerprint density at radius 3 is 2.68 bits per heavy atom. The fraction of sp³-hybridized carbons (Fsp3) is 0.105. The lowest BCUT2D eigenvalue weighted by Crippen LogP contribution is -2.20. The molecular weight excluding hydrogens is 336 g/mol. The lowest BCUT2D eigenvalue weighted by Gasteiger charge is -2.02. The number of hydrogen-bond donors (Lipinski definition) is 1. The third kappa shape index (κ3) is 2.70. The van der Waals surface area contributed by atoms with Gasteiger partial charge in [-0.2, -0.15) is 0 Å². The van der Waals surface area contributed by atoms with Gasteiger partial charge >= 0.3 is 5.63 Å². The van der Waals surface area contributed by atoms with Crippen LogP contribution >= 0.6 is 11.3 Å². The molecule has 2 heterocycles. The van der Waals surface area contributed by atoms with E-state index in [1.54, 1.807) is 24.3 Å². The van der Waals surface area contributed by atoms with E-state index in [0.717, 1.165) is 21.3 Å². The molecule has 25 heavy (non-hydrogen) atoms. The first kappa shape index (κ1) is 15.5. The summed E-state index contributed by atoms with van der Waals surface area (Å²) in [6.07, 6.45) is 0. The van der Waals surface area contributed by atoms with Crippen molar-refractivity contribution in [1.29, 1.82) is 0 Å². The third-order valence-corrected chi connectivity index (χ3v) is 5.15. The van der Waals surface area contributed by atoms with Crippen molar-refractivity contribution in [2.75, 3.05) is 5.32 Å². The Balaban J connectivity index is 1.73. The van der Waals surface area contributed by atoms with Crippen molar-refractivity contribution in [1.82, 2.24) is 4.98 Å². The van der Waals surface area contributed by atoms with Gasteiger partial charge in [0.05, 0.1) is 10.2 Å². The van der Waals surface area contributed by atoms with Crippen LogP contribution in [0, 0.1) is 13.8 Å². The molecule has 6 heteroatoms. The number of nitrogens with zero attached hydrogens (tertiary/aromatic N) is 1. The second-order valence-corrected chi connectivity index (χ2v) is 6.83. The molecule has 5 nitrogen and oxygen atoms in total. The number of rotatable bonds is 2. The van der Waals surface area contributed by atoms with E-state index < -0.39 is 11.5 Å². The minimum absolute atomic E-state index is 0.0357. The summed E-state index contributed by atoms with van der Waals surface area (Å²) in [4.78, 5) is 29.1. The van der Waals surface area contributed by atoms with Gasteiger partial charge in [-0.25, -0.2) is 9.78 Å². The van der Waals surface area contributed by atoms with Gasteiger partial charge < -0.3 is 4.42 Å². The number of para-hydroxylation sites is 1. The molecule has 0 fully saturated rings. The molecule has 0 saturated carbocycles. The van der Waals surface area contributed by atoms with E-state index >= 15 is 0 Å². The Hall–Kier alpha value is -2.99. The molecule has 0 aliphatic heterocycles. The minimum atomic E-state index is -0.662. The average molecular weight is 350 g/mol. The smallest absolute Gasteiger partial charge is 0.349 e. The summed E-state index contributed by atoms with van der Waals surface area (Å²) in [5.74, 6) is -0.520. The summed E-state index contributed by atoms with van der Waals surface area (Å²) in [6, 6.07) is 12.7. The number of amides is 1. The molecule has 0 atom stereocenters. The summed E-state index contributed by atoms with van der Waals surface area (Å²) >= 11 is 1.39. The summed E-state index contributed by atoms with van der Waals surface area (Å²) in [7, 11) is 0. The Morgan fingerprint density at radius 1 is 1.12 bits per heavy atom. The topological polar surface area (TPSA) is 72.2 Å². The average Bonchev–Trinajstić information content (AvgIpc) is 3.02. The van der Waals surface area contributed by atoms with Crippen molar-refractivity contribution in [2.45, 2.75) is 13.8 Å². The van der Waals surface area contributed by atoms with Crippen LogP contribution in [0.3, 0.4) is 0 Å². The van der Waals surface area contributed by atoms with Gasteiger partial charge in [-0.1, -0.05) is 41.7 Å². The maximum Gasteiger partial charge on any atom is 0.349 e. The van der Waals surface area contributed by atoms with Crippen molar-refractivity contribution in [2.24, 2.45) is 0 Å². The lowest BCUT2D eigenvalue weighted by atomic mass is 10.1. The molecule has 124 valence electrons. The highest BCUT2D eigenvalue weighted by atomic mass is 32.1. The minimum Gasteiger partial charge on any atom is -0.422 e. The molecule has 4 aromatic rings. The second kappa shape index (κ2) is 5.82. The standard InChI is InChI=1S/C19H14N2O3S/c1-10-7-8-11(2)16-15(10)20-19(25-16)21-17(22)13-9-12-5-3-4-6-14(12)24-18(13)23/h3-9H,1-2H3,(H,20,21,22). The zero-order chi connectivity index (χ0) is 17.6. The zero-order valence-electron chi connectivity index (χ0n) is 13.6. The third-order valence-electron chi connectivity index (χ3n) is 4.05. The molecule has 0 spiro atoms. The number of aromatic nitrogens is 1. The van der Waals surface area contributed by atoms with Crippen LogP contribution in [0.4, 0.5) is 5.13 Å². The van der Waals surface area contributed by atoms with Crippen molar-refractivity contribution < 1.29 is 9.21 Å². The van der Waals surface area contributed by atoms with E-state index in [4.69, 9.17) is 4.42 Å².